The maximum absolute atomic E-state index is 12.4. The van der Waals surface area contributed by atoms with E-state index in [9.17, 15) is 18.3 Å². The van der Waals surface area contributed by atoms with Crippen molar-refractivity contribution >= 4 is 0 Å². The lowest BCUT2D eigenvalue weighted by atomic mass is 9.97. The molecule has 84 valence electrons. The summed E-state index contributed by atoms with van der Waals surface area (Å²) in [6.45, 7) is 0.677. The first-order chi connectivity index (χ1) is 6.79. The van der Waals surface area contributed by atoms with Crippen LogP contribution >= 0.6 is 0 Å². The molecule has 0 fully saturated rings. The number of pyridine rings is 1. The Morgan fingerprint density at radius 3 is 2.27 bits per heavy atom. The van der Waals surface area contributed by atoms with Crippen molar-refractivity contribution in [3.63, 3.8) is 0 Å². The Morgan fingerprint density at radius 2 is 1.93 bits per heavy atom. The average molecular weight is 221 g/mol. The lowest BCUT2D eigenvalue weighted by Gasteiger charge is -2.26. The summed E-state index contributed by atoms with van der Waals surface area (Å²) in [5.74, 6) is 0.191. The molecule has 15 heavy (non-hydrogen) atoms. The second-order valence-electron chi connectivity index (χ2n) is 3.16. The Kier molecular flexibility index (Phi) is 2.90. The molecule has 0 aliphatic heterocycles. The first kappa shape index (κ1) is 11.8. The van der Waals surface area contributed by atoms with Gasteiger partial charge in [0, 0.05) is 17.8 Å². The summed E-state index contributed by atoms with van der Waals surface area (Å²) in [6.07, 6.45) is -3.80. The minimum Gasteiger partial charge on any atom is -0.481 e. The molecule has 0 unspecified atom stereocenters. The third-order valence-electron chi connectivity index (χ3n) is 2.06. The highest BCUT2D eigenvalue weighted by Crippen LogP contribution is 2.38. The van der Waals surface area contributed by atoms with Crippen molar-refractivity contribution in [2.24, 2.45) is 0 Å². The Balaban J connectivity index is 3.06. The molecule has 1 atom stereocenters. The maximum atomic E-state index is 12.4. The SMILES string of the molecule is COc1ccc([C@](C)(O)C(F)(F)F)cn1. The van der Waals surface area contributed by atoms with Crippen LogP contribution in [0.1, 0.15) is 12.5 Å². The molecule has 0 aliphatic carbocycles. The summed E-state index contributed by atoms with van der Waals surface area (Å²) in [5, 5.41) is 9.28. The van der Waals surface area contributed by atoms with Gasteiger partial charge in [-0.05, 0) is 13.0 Å². The summed E-state index contributed by atoms with van der Waals surface area (Å²) >= 11 is 0. The number of aromatic nitrogens is 1. The van der Waals surface area contributed by atoms with Crippen LogP contribution in [-0.4, -0.2) is 23.4 Å². The normalized spacial score (nSPS) is 15.9. The number of rotatable bonds is 2. The highest BCUT2D eigenvalue weighted by Gasteiger charge is 2.51. The van der Waals surface area contributed by atoms with Gasteiger partial charge >= 0.3 is 6.18 Å². The van der Waals surface area contributed by atoms with Crippen LogP contribution in [0.3, 0.4) is 0 Å². The van der Waals surface area contributed by atoms with Gasteiger partial charge in [0.25, 0.3) is 0 Å². The highest BCUT2D eigenvalue weighted by molar-refractivity contribution is 5.24. The molecule has 6 heteroatoms. The van der Waals surface area contributed by atoms with Crippen molar-refractivity contribution in [3.05, 3.63) is 23.9 Å². The fourth-order valence-electron chi connectivity index (χ4n) is 0.953. The van der Waals surface area contributed by atoms with Gasteiger partial charge in [0.1, 0.15) is 0 Å². The quantitative estimate of drug-likeness (QED) is 0.828. The second kappa shape index (κ2) is 3.69. The summed E-state index contributed by atoms with van der Waals surface area (Å²) in [4.78, 5) is 3.59. The van der Waals surface area contributed by atoms with E-state index >= 15 is 0 Å². The van der Waals surface area contributed by atoms with Gasteiger partial charge in [-0.15, -0.1) is 0 Å². The molecule has 0 radical (unpaired) electrons. The van der Waals surface area contributed by atoms with Gasteiger partial charge in [0.05, 0.1) is 7.11 Å². The minimum absolute atomic E-state index is 0.191. The molecule has 1 aromatic rings. The summed E-state index contributed by atoms with van der Waals surface area (Å²) in [7, 11) is 1.35. The van der Waals surface area contributed by atoms with Gasteiger partial charge < -0.3 is 9.84 Å². The lowest BCUT2D eigenvalue weighted by Crippen LogP contribution is -2.39. The van der Waals surface area contributed by atoms with E-state index < -0.39 is 11.8 Å². The number of halogens is 3. The van der Waals surface area contributed by atoms with Gasteiger partial charge in [-0.2, -0.15) is 13.2 Å². The van der Waals surface area contributed by atoms with E-state index in [4.69, 9.17) is 4.74 Å². The van der Waals surface area contributed by atoms with Crippen molar-refractivity contribution in [2.45, 2.75) is 18.7 Å². The standard InChI is InChI=1S/C9H10F3NO2/c1-8(14,9(10,11)12)6-3-4-7(15-2)13-5-6/h3-5,14H,1-2H3/t8-/m0/s1. The number of aliphatic hydroxyl groups is 1. The molecule has 1 rings (SSSR count). The van der Waals surface area contributed by atoms with Crippen LogP contribution in [0.4, 0.5) is 13.2 Å². The third-order valence-corrected chi connectivity index (χ3v) is 2.06. The zero-order valence-corrected chi connectivity index (χ0v) is 8.17. The molecule has 1 aromatic heterocycles. The Hall–Kier alpha value is -1.30. The third kappa shape index (κ3) is 2.20. The zero-order valence-electron chi connectivity index (χ0n) is 8.17. The fraction of sp³-hybridized carbons (Fsp3) is 0.444. The Morgan fingerprint density at radius 1 is 1.33 bits per heavy atom. The molecule has 0 spiro atoms. The minimum atomic E-state index is -4.73. The van der Waals surface area contributed by atoms with Gasteiger partial charge in [-0.1, -0.05) is 0 Å². The number of ether oxygens (including phenoxy) is 1. The van der Waals surface area contributed by atoms with Crippen molar-refractivity contribution in [3.8, 4) is 5.88 Å². The summed E-state index contributed by atoms with van der Waals surface area (Å²) in [5.41, 5.74) is -3.22. The number of nitrogens with zero attached hydrogens (tertiary/aromatic N) is 1. The molecule has 1 N–H and O–H groups in total. The van der Waals surface area contributed by atoms with E-state index in [0.717, 1.165) is 12.3 Å². The van der Waals surface area contributed by atoms with E-state index in [1.54, 1.807) is 0 Å². The highest BCUT2D eigenvalue weighted by atomic mass is 19.4. The molecule has 3 nitrogen and oxygen atoms in total. The van der Waals surface area contributed by atoms with Crippen LogP contribution in [0.15, 0.2) is 18.3 Å². The topological polar surface area (TPSA) is 42.4 Å². The molecule has 0 aromatic carbocycles. The first-order valence-corrected chi connectivity index (χ1v) is 4.08. The second-order valence-corrected chi connectivity index (χ2v) is 3.16. The van der Waals surface area contributed by atoms with Gasteiger partial charge in [-0.3, -0.25) is 0 Å². The predicted octanol–water partition coefficient (Wildman–Crippen LogP) is 1.86. The van der Waals surface area contributed by atoms with Crippen molar-refractivity contribution < 1.29 is 23.0 Å². The number of hydrogen-bond donors (Lipinski definition) is 1. The van der Waals surface area contributed by atoms with E-state index in [2.05, 4.69) is 4.98 Å². The Labute approximate surface area is 84.5 Å². The molecule has 0 saturated heterocycles. The number of alkyl halides is 3. The van der Waals surface area contributed by atoms with Crippen LogP contribution in [-0.2, 0) is 5.60 Å². The average Bonchev–Trinajstić information content (AvgIpc) is 2.16. The van der Waals surface area contributed by atoms with Crippen molar-refractivity contribution in [1.82, 2.24) is 4.98 Å². The number of methoxy groups -OCH3 is 1. The van der Waals surface area contributed by atoms with Gasteiger partial charge in [0.2, 0.25) is 5.88 Å². The zero-order chi connectivity index (χ0) is 11.7. The molecular weight excluding hydrogens is 211 g/mol. The van der Waals surface area contributed by atoms with Crippen molar-refractivity contribution in [2.75, 3.05) is 7.11 Å². The van der Waals surface area contributed by atoms with Crippen LogP contribution in [0.25, 0.3) is 0 Å². The molecule has 0 aliphatic rings. The smallest absolute Gasteiger partial charge is 0.421 e. The molecule has 0 amide bonds. The van der Waals surface area contributed by atoms with Gasteiger partial charge in [0.15, 0.2) is 5.60 Å². The molecular formula is C9H10F3NO2. The van der Waals surface area contributed by atoms with Crippen LogP contribution in [0.2, 0.25) is 0 Å². The molecule has 0 saturated carbocycles. The van der Waals surface area contributed by atoms with Crippen LogP contribution < -0.4 is 4.74 Å². The number of hydrogen-bond acceptors (Lipinski definition) is 3. The molecule has 1 heterocycles. The van der Waals surface area contributed by atoms with Crippen molar-refractivity contribution in [1.29, 1.82) is 0 Å². The first-order valence-electron chi connectivity index (χ1n) is 4.08. The largest absolute Gasteiger partial charge is 0.481 e. The van der Waals surface area contributed by atoms with Crippen LogP contribution in [0, 0.1) is 0 Å². The van der Waals surface area contributed by atoms with E-state index in [0.29, 0.717) is 6.92 Å². The monoisotopic (exact) mass is 221 g/mol. The van der Waals surface area contributed by atoms with E-state index in [-0.39, 0.29) is 11.4 Å². The summed E-state index contributed by atoms with van der Waals surface area (Å²) in [6, 6.07) is 2.38. The summed E-state index contributed by atoms with van der Waals surface area (Å²) < 4.78 is 41.9. The Bertz CT molecular complexity index is 332. The van der Waals surface area contributed by atoms with E-state index in [1.807, 2.05) is 0 Å². The molecule has 0 bridgehead atoms. The van der Waals surface area contributed by atoms with E-state index in [1.165, 1.54) is 13.2 Å². The fourth-order valence-corrected chi connectivity index (χ4v) is 0.953. The van der Waals surface area contributed by atoms with Gasteiger partial charge in [-0.25, -0.2) is 4.98 Å². The lowest BCUT2D eigenvalue weighted by molar-refractivity contribution is -0.259. The van der Waals surface area contributed by atoms with Crippen LogP contribution in [0.5, 0.6) is 5.88 Å². The predicted molar refractivity (Wildman–Crippen MR) is 46.4 cm³/mol. The maximum Gasteiger partial charge on any atom is 0.421 e.